The van der Waals surface area contributed by atoms with Gasteiger partial charge in [-0.05, 0) is 57.2 Å². The Labute approximate surface area is 138 Å². The van der Waals surface area contributed by atoms with E-state index in [1.54, 1.807) is 25.3 Å². The second kappa shape index (κ2) is 8.29. The number of carbonyl (C=O) groups excluding carboxylic acids is 1. The van der Waals surface area contributed by atoms with Crippen molar-refractivity contribution in [2.24, 2.45) is 4.99 Å². The first kappa shape index (κ1) is 17.0. The summed E-state index contributed by atoms with van der Waals surface area (Å²) in [6.45, 7) is 2.07. The molecule has 0 atom stereocenters. The molecular formula is C12H11Br2N3O2S. The van der Waals surface area contributed by atoms with E-state index in [4.69, 9.17) is 10.00 Å². The third-order valence-electron chi connectivity index (χ3n) is 2.10. The predicted octanol–water partition coefficient (Wildman–Crippen LogP) is 3.81. The first-order chi connectivity index (χ1) is 9.53. The van der Waals surface area contributed by atoms with Crippen LogP contribution in [0.5, 0.6) is 0 Å². The van der Waals surface area contributed by atoms with Crippen molar-refractivity contribution in [3.05, 3.63) is 26.6 Å². The Balaban J connectivity index is 3.19. The smallest absolute Gasteiger partial charge is 0.338 e. The number of hydrogen-bond donors (Lipinski definition) is 1. The van der Waals surface area contributed by atoms with Gasteiger partial charge in [0.15, 0.2) is 11.4 Å². The van der Waals surface area contributed by atoms with Gasteiger partial charge in [0.25, 0.3) is 0 Å². The van der Waals surface area contributed by atoms with Crippen LogP contribution in [-0.4, -0.2) is 24.0 Å². The topological polar surface area (TPSA) is 74.5 Å². The third-order valence-corrected chi connectivity index (χ3v) is 3.89. The van der Waals surface area contributed by atoms with Crippen molar-refractivity contribution < 1.29 is 9.53 Å². The first-order valence-corrected chi connectivity index (χ1v) is 8.28. The molecule has 20 heavy (non-hydrogen) atoms. The maximum Gasteiger partial charge on any atom is 0.338 e. The van der Waals surface area contributed by atoms with Crippen molar-refractivity contribution in [3.63, 3.8) is 0 Å². The van der Waals surface area contributed by atoms with E-state index in [-0.39, 0.29) is 0 Å². The highest BCUT2D eigenvalue weighted by atomic mass is 79.9. The molecule has 0 saturated carbocycles. The van der Waals surface area contributed by atoms with Gasteiger partial charge in [0.05, 0.1) is 17.9 Å². The number of ether oxygens (including phenoxy) is 1. The lowest BCUT2D eigenvalue weighted by molar-refractivity contribution is 0.0526. The minimum Gasteiger partial charge on any atom is -0.462 e. The third kappa shape index (κ3) is 4.51. The molecule has 0 radical (unpaired) electrons. The van der Waals surface area contributed by atoms with Gasteiger partial charge in [0.1, 0.15) is 0 Å². The summed E-state index contributed by atoms with van der Waals surface area (Å²) in [5, 5.41) is 11.6. The number of carbonyl (C=O) groups is 1. The zero-order valence-electron chi connectivity index (χ0n) is 10.7. The maximum absolute atomic E-state index is 11.7. The Kier molecular flexibility index (Phi) is 7.05. The SMILES string of the molecule is CCOC(=O)c1cc(Br)c(N=C(NC#N)SC)c(Br)c1. The highest BCUT2D eigenvalue weighted by Crippen LogP contribution is 2.35. The van der Waals surface area contributed by atoms with Crippen LogP contribution in [0, 0.1) is 11.5 Å². The number of aliphatic imine (C=N–C) groups is 1. The van der Waals surface area contributed by atoms with Crippen LogP contribution >= 0.6 is 43.6 Å². The van der Waals surface area contributed by atoms with E-state index < -0.39 is 5.97 Å². The van der Waals surface area contributed by atoms with Crippen LogP contribution in [0.4, 0.5) is 5.69 Å². The Morgan fingerprint density at radius 1 is 1.50 bits per heavy atom. The lowest BCUT2D eigenvalue weighted by Gasteiger charge is -2.08. The molecule has 0 unspecified atom stereocenters. The number of amidine groups is 1. The van der Waals surface area contributed by atoms with Crippen molar-refractivity contribution in [3.8, 4) is 6.19 Å². The number of nitrogens with zero attached hydrogens (tertiary/aromatic N) is 2. The van der Waals surface area contributed by atoms with Gasteiger partial charge >= 0.3 is 5.97 Å². The second-order valence-electron chi connectivity index (χ2n) is 3.37. The van der Waals surface area contributed by atoms with E-state index in [0.29, 0.717) is 32.0 Å². The number of esters is 1. The minimum atomic E-state index is -0.398. The summed E-state index contributed by atoms with van der Waals surface area (Å²) in [5.41, 5.74) is 1.01. The van der Waals surface area contributed by atoms with E-state index in [9.17, 15) is 4.79 Å². The molecule has 1 N–H and O–H groups in total. The summed E-state index contributed by atoms with van der Waals surface area (Å²) in [6.07, 6.45) is 3.62. The van der Waals surface area contributed by atoms with Crippen LogP contribution in [0.3, 0.4) is 0 Å². The normalized spacial score (nSPS) is 10.8. The minimum absolute atomic E-state index is 0.316. The molecule has 0 spiro atoms. The Hall–Kier alpha value is -1.04. The summed E-state index contributed by atoms with van der Waals surface area (Å²) >= 11 is 8.03. The number of thioether (sulfide) groups is 1. The van der Waals surface area contributed by atoms with Gasteiger partial charge < -0.3 is 4.74 Å². The van der Waals surface area contributed by atoms with Crippen molar-refractivity contribution in [2.75, 3.05) is 12.9 Å². The molecular weight excluding hydrogens is 410 g/mol. The van der Waals surface area contributed by atoms with E-state index in [1.807, 2.05) is 6.19 Å². The molecule has 1 rings (SSSR count). The second-order valence-corrected chi connectivity index (χ2v) is 5.87. The number of benzene rings is 1. The molecule has 1 aromatic rings. The van der Waals surface area contributed by atoms with Crippen LogP contribution in [0.1, 0.15) is 17.3 Å². The summed E-state index contributed by atoms with van der Waals surface area (Å²) in [7, 11) is 0. The summed E-state index contributed by atoms with van der Waals surface area (Å²) in [4.78, 5) is 16.0. The van der Waals surface area contributed by atoms with Gasteiger partial charge in [-0.15, -0.1) is 0 Å². The molecule has 0 bridgehead atoms. The fourth-order valence-corrected chi connectivity index (χ4v) is 2.97. The zero-order valence-corrected chi connectivity index (χ0v) is 14.7. The molecule has 8 heteroatoms. The zero-order chi connectivity index (χ0) is 15.1. The lowest BCUT2D eigenvalue weighted by Crippen LogP contribution is -2.12. The highest BCUT2D eigenvalue weighted by Gasteiger charge is 2.13. The number of rotatable bonds is 3. The summed E-state index contributed by atoms with van der Waals surface area (Å²) in [6, 6.07) is 3.26. The van der Waals surface area contributed by atoms with Crippen molar-refractivity contribution in [1.29, 1.82) is 5.26 Å². The molecule has 0 heterocycles. The molecule has 0 aliphatic carbocycles. The monoisotopic (exact) mass is 419 g/mol. The van der Waals surface area contributed by atoms with E-state index >= 15 is 0 Å². The number of nitriles is 1. The Bertz CT molecular complexity index is 562. The average Bonchev–Trinajstić information content (AvgIpc) is 2.41. The molecule has 0 aliphatic heterocycles. The first-order valence-electron chi connectivity index (χ1n) is 5.47. The maximum atomic E-state index is 11.7. The van der Waals surface area contributed by atoms with Crippen LogP contribution in [-0.2, 0) is 4.74 Å². The van der Waals surface area contributed by atoms with Crippen molar-refractivity contribution in [2.45, 2.75) is 6.92 Å². The van der Waals surface area contributed by atoms with Crippen LogP contribution < -0.4 is 5.32 Å². The standard InChI is InChI=1S/C12H11Br2N3O2S/c1-3-19-11(18)7-4-8(13)10(9(14)5-7)17-12(20-2)16-6-15/h4-5H,3H2,1-2H3,(H,16,17). The predicted molar refractivity (Wildman–Crippen MR) is 87.2 cm³/mol. The molecule has 0 fully saturated rings. The Morgan fingerprint density at radius 3 is 2.55 bits per heavy atom. The van der Waals surface area contributed by atoms with Gasteiger partial charge in [-0.3, -0.25) is 5.32 Å². The highest BCUT2D eigenvalue weighted by molar-refractivity contribution is 9.11. The molecule has 106 valence electrons. The number of hydrogen-bond acceptors (Lipinski definition) is 5. The van der Waals surface area contributed by atoms with E-state index in [1.165, 1.54) is 11.8 Å². The average molecular weight is 421 g/mol. The van der Waals surface area contributed by atoms with E-state index in [2.05, 4.69) is 42.2 Å². The molecule has 0 amide bonds. The fourth-order valence-electron chi connectivity index (χ4n) is 1.28. The van der Waals surface area contributed by atoms with Gasteiger partial charge in [-0.1, -0.05) is 11.8 Å². The number of nitrogens with one attached hydrogen (secondary N) is 1. The quantitative estimate of drug-likeness (QED) is 0.264. The van der Waals surface area contributed by atoms with Gasteiger partial charge in [-0.25, -0.2) is 9.79 Å². The van der Waals surface area contributed by atoms with Crippen LogP contribution in [0.25, 0.3) is 0 Å². The largest absolute Gasteiger partial charge is 0.462 e. The summed E-state index contributed by atoms with van der Waals surface area (Å²) < 4.78 is 6.19. The molecule has 1 aromatic carbocycles. The Morgan fingerprint density at radius 2 is 2.10 bits per heavy atom. The molecule has 5 nitrogen and oxygen atoms in total. The molecule has 0 aliphatic rings. The van der Waals surface area contributed by atoms with E-state index in [0.717, 1.165) is 0 Å². The summed E-state index contributed by atoms with van der Waals surface area (Å²) in [5.74, 6) is -0.398. The molecule has 0 aromatic heterocycles. The van der Waals surface area contributed by atoms with Gasteiger partial charge in [-0.2, -0.15) is 5.26 Å². The number of halogens is 2. The molecule has 0 saturated heterocycles. The van der Waals surface area contributed by atoms with Crippen molar-refractivity contribution >= 4 is 60.4 Å². The lowest BCUT2D eigenvalue weighted by atomic mass is 10.2. The van der Waals surface area contributed by atoms with Crippen LogP contribution in [0.15, 0.2) is 26.1 Å². The van der Waals surface area contributed by atoms with Crippen LogP contribution in [0.2, 0.25) is 0 Å². The fraction of sp³-hybridized carbons (Fsp3) is 0.250. The van der Waals surface area contributed by atoms with Crippen molar-refractivity contribution in [1.82, 2.24) is 5.32 Å². The van der Waals surface area contributed by atoms with Gasteiger partial charge in [0.2, 0.25) is 0 Å². The van der Waals surface area contributed by atoms with Gasteiger partial charge in [0, 0.05) is 8.95 Å².